The minimum Gasteiger partial charge on any atom is -0.458 e. The van der Waals surface area contributed by atoms with Gasteiger partial charge in [0.1, 0.15) is 6.61 Å². The number of carbonyl (C=O) groups excluding carboxylic acids is 1. The van der Waals surface area contributed by atoms with E-state index in [1.54, 1.807) is 11.8 Å². The third-order valence-corrected chi connectivity index (χ3v) is 3.15. The van der Waals surface area contributed by atoms with E-state index in [9.17, 15) is 4.79 Å². The number of ether oxygens (including phenoxy) is 2. The number of aromatic nitrogens is 3. The summed E-state index contributed by atoms with van der Waals surface area (Å²) < 4.78 is 11.6. The van der Waals surface area contributed by atoms with Crippen molar-refractivity contribution in [3.05, 3.63) is 47.3 Å². The van der Waals surface area contributed by atoms with Gasteiger partial charge in [0, 0.05) is 13.7 Å². The number of benzene rings is 1. The average Bonchev–Trinajstić information content (AvgIpc) is 2.87. The molecule has 1 aromatic heterocycles. The summed E-state index contributed by atoms with van der Waals surface area (Å²) >= 11 is 0. The quantitative estimate of drug-likeness (QED) is 0.572. The van der Waals surface area contributed by atoms with Crippen molar-refractivity contribution in [2.45, 2.75) is 19.9 Å². The number of hydrogen-bond acceptors (Lipinski definition) is 5. The molecule has 6 nitrogen and oxygen atoms in total. The second-order valence-electron chi connectivity index (χ2n) is 4.61. The second kappa shape index (κ2) is 7.54. The van der Waals surface area contributed by atoms with Crippen LogP contribution in [0.2, 0.25) is 0 Å². The van der Waals surface area contributed by atoms with Gasteiger partial charge in [-0.2, -0.15) is 0 Å². The summed E-state index contributed by atoms with van der Waals surface area (Å²) in [5.74, 6) is -0.462. The molecule has 0 radical (unpaired) electrons. The molecule has 6 heteroatoms. The molecular weight excluding hydrogens is 270 g/mol. The minimum atomic E-state index is -0.462. The zero-order valence-electron chi connectivity index (χ0n) is 12.3. The molecule has 0 saturated heterocycles. The lowest BCUT2D eigenvalue weighted by Crippen LogP contribution is -2.12. The summed E-state index contributed by atoms with van der Waals surface area (Å²) in [7, 11) is 1.55. The molecule has 1 aromatic carbocycles. The standard InChI is InChI=1S/C15H19N3O3/c1-12-14(15(19)21-11-10-20-2)16-17-18(12)9-8-13-6-4-3-5-7-13/h3-7H,8-11H2,1-2H3. The highest BCUT2D eigenvalue weighted by Gasteiger charge is 2.17. The van der Waals surface area contributed by atoms with E-state index < -0.39 is 5.97 Å². The van der Waals surface area contributed by atoms with Crippen LogP contribution in [0, 0.1) is 6.92 Å². The number of methoxy groups -OCH3 is 1. The molecule has 0 aliphatic carbocycles. The van der Waals surface area contributed by atoms with Crippen molar-refractivity contribution in [2.24, 2.45) is 0 Å². The van der Waals surface area contributed by atoms with Gasteiger partial charge in [-0.05, 0) is 18.9 Å². The fraction of sp³-hybridized carbons (Fsp3) is 0.400. The Labute approximate surface area is 123 Å². The number of esters is 1. The Bertz CT molecular complexity index is 581. The SMILES string of the molecule is COCCOC(=O)c1nnn(CCc2ccccc2)c1C. The molecule has 0 aliphatic rings. The minimum absolute atomic E-state index is 0.214. The summed E-state index contributed by atoms with van der Waals surface area (Å²) in [4.78, 5) is 11.8. The molecule has 0 N–H and O–H groups in total. The Morgan fingerprint density at radius 1 is 1.24 bits per heavy atom. The Morgan fingerprint density at radius 2 is 2.00 bits per heavy atom. The van der Waals surface area contributed by atoms with E-state index in [2.05, 4.69) is 22.4 Å². The first-order valence-electron chi connectivity index (χ1n) is 6.82. The zero-order valence-corrected chi connectivity index (χ0v) is 12.3. The number of nitrogens with zero attached hydrogens (tertiary/aromatic N) is 3. The third-order valence-electron chi connectivity index (χ3n) is 3.15. The largest absolute Gasteiger partial charge is 0.458 e. The molecule has 0 unspecified atom stereocenters. The van der Waals surface area contributed by atoms with E-state index in [1.165, 1.54) is 5.56 Å². The van der Waals surface area contributed by atoms with Gasteiger partial charge >= 0.3 is 5.97 Å². The second-order valence-corrected chi connectivity index (χ2v) is 4.61. The van der Waals surface area contributed by atoms with Crippen molar-refractivity contribution in [1.82, 2.24) is 15.0 Å². The molecule has 0 aliphatic heterocycles. The van der Waals surface area contributed by atoms with E-state index in [0.717, 1.165) is 6.42 Å². The van der Waals surface area contributed by atoms with Crippen LogP contribution in [-0.4, -0.2) is 41.3 Å². The van der Waals surface area contributed by atoms with Crippen LogP contribution in [0.4, 0.5) is 0 Å². The van der Waals surface area contributed by atoms with Gasteiger partial charge < -0.3 is 9.47 Å². The fourth-order valence-electron chi connectivity index (χ4n) is 1.93. The van der Waals surface area contributed by atoms with E-state index in [0.29, 0.717) is 18.8 Å². The molecule has 0 spiro atoms. The molecule has 0 atom stereocenters. The molecule has 21 heavy (non-hydrogen) atoms. The first kappa shape index (κ1) is 15.2. The van der Waals surface area contributed by atoms with Gasteiger partial charge in [-0.15, -0.1) is 5.10 Å². The summed E-state index contributed by atoms with van der Waals surface area (Å²) in [6.45, 7) is 3.07. The van der Waals surface area contributed by atoms with Crippen LogP contribution in [0.5, 0.6) is 0 Å². The lowest BCUT2D eigenvalue weighted by molar-refractivity contribution is 0.0380. The first-order chi connectivity index (χ1) is 10.2. The number of aryl methyl sites for hydroxylation is 2. The highest BCUT2D eigenvalue weighted by atomic mass is 16.6. The smallest absolute Gasteiger partial charge is 0.360 e. The molecular formula is C15H19N3O3. The molecule has 1 heterocycles. The number of carbonyl (C=O) groups is 1. The van der Waals surface area contributed by atoms with Crippen LogP contribution >= 0.6 is 0 Å². The zero-order chi connectivity index (χ0) is 15.1. The average molecular weight is 289 g/mol. The molecule has 0 bridgehead atoms. The van der Waals surface area contributed by atoms with E-state index in [4.69, 9.17) is 9.47 Å². The Balaban J connectivity index is 1.95. The fourth-order valence-corrected chi connectivity index (χ4v) is 1.93. The molecule has 2 aromatic rings. The normalized spacial score (nSPS) is 10.6. The molecule has 0 saturated carbocycles. The van der Waals surface area contributed by atoms with Gasteiger partial charge in [-0.25, -0.2) is 9.48 Å². The Kier molecular flexibility index (Phi) is 5.45. The monoisotopic (exact) mass is 289 g/mol. The maximum Gasteiger partial charge on any atom is 0.360 e. The highest BCUT2D eigenvalue weighted by Crippen LogP contribution is 2.08. The molecule has 2 rings (SSSR count). The van der Waals surface area contributed by atoms with Gasteiger partial charge in [-0.1, -0.05) is 35.5 Å². The van der Waals surface area contributed by atoms with Crippen molar-refractivity contribution in [1.29, 1.82) is 0 Å². The van der Waals surface area contributed by atoms with Gasteiger partial charge in [0.2, 0.25) is 0 Å². The van der Waals surface area contributed by atoms with Gasteiger partial charge in [0.15, 0.2) is 5.69 Å². The van der Waals surface area contributed by atoms with Crippen molar-refractivity contribution in [2.75, 3.05) is 20.3 Å². The lowest BCUT2D eigenvalue weighted by atomic mass is 10.1. The summed E-state index contributed by atoms with van der Waals surface area (Å²) in [6.07, 6.45) is 0.837. The van der Waals surface area contributed by atoms with Crippen molar-refractivity contribution in [3.8, 4) is 0 Å². The van der Waals surface area contributed by atoms with Gasteiger partial charge in [0.05, 0.1) is 12.3 Å². The van der Waals surface area contributed by atoms with Crippen molar-refractivity contribution in [3.63, 3.8) is 0 Å². The summed E-state index contributed by atoms with van der Waals surface area (Å²) in [5, 5.41) is 7.92. The maximum absolute atomic E-state index is 11.8. The first-order valence-corrected chi connectivity index (χ1v) is 6.82. The van der Waals surface area contributed by atoms with Crippen molar-refractivity contribution >= 4 is 5.97 Å². The topological polar surface area (TPSA) is 66.2 Å². The van der Waals surface area contributed by atoms with Gasteiger partial charge in [0.25, 0.3) is 0 Å². The van der Waals surface area contributed by atoms with Crippen LogP contribution < -0.4 is 0 Å². The van der Waals surface area contributed by atoms with E-state index in [1.807, 2.05) is 25.1 Å². The van der Waals surface area contributed by atoms with Crippen molar-refractivity contribution < 1.29 is 14.3 Å². The van der Waals surface area contributed by atoms with E-state index in [-0.39, 0.29) is 12.3 Å². The highest BCUT2D eigenvalue weighted by molar-refractivity contribution is 5.88. The Morgan fingerprint density at radius 3 is 2.71 bits per heavy atom. The number of hydrogen-bond donors (Lipinski definition) is 0. The molecule has 0 fully saturated rings. The Hall–Kier alpha value is -2.21. The van der Waals surface area contributed by atoms with Crippen LogP contribution in [0.25, 0.3) is 0 Å². The van der Waals surface area contributed by atoms with E-state index >= 15 is 0 Å². The van der Waals surface area contributed by atoms with Gasteiger partial charge in [-0.3, -0.25) is 0 Å². The maximum atomic E-state index is 11.8. The van der Waals surface area contributed by atoms with Crippen LogP contribution in [0.1, 0.15) is 21.7 Å². The molecule has 0 amide bonds. The third kappa shape index (κ3) is 4.13. The summed E-state index contributed by atoms with van der Waals surface area (Å²) in [5.41, 5.74) is 2.20. The van der Waals surface area contributed by atoms with Crippen LogP contribution in [-0.2, 0) is 22.4 Å². The molecule has 112 valence electrons. The number of rotatable bonds is 7. The predicted octanol–water partition coefficient (Wildman–Crippen LogP) is 1.63. The summed E-state index contributed by atoms with van der Waals surface area (Å²) in [6, 6.07) is 10.1. The van der Waals surface area contributed by atoms with Crippen LogP contribution in [0.3, 0.4) is 0 Å². The predicted molar refractivity (Wildman–Crippen MR) is 77.1 cm³/mol. The van der Waals surface area contributed by atoms with Crippen LogP contribution in [0.15, 0.2) is 30.3 Å². The lowest BCUT2D eigenvalue weighted by Gasteiger charge is -2.04.